The first kappa shape index (κ1) is 23.7. The SMILES string of the molecule is Cl.Cl.NCCc1ccc(Oc2ccc(F)c(C(=O)NC3Cc4cncn4C3)c2)cc1. The number of benzene rings is 2. The van der Waals surface area contributed by atoms with Crippen LogP contribution >= 0.6 is 24.8 Å². The van der Waals surface area contributed by atoms with Crippen molar-refractivity contribution in [2.24, 2.45) is 5.73 Å². The number of ether oxygens (including phenoxy) is 1. The molecule has 1 aliphatic heterocycles. The van der Waals surface area contributed by atoms with Crippen molar-refractivity contribution in [3.63, 3.8) is 0 Å². The summed E-state index contributed by atoms with van der Waals surface area (Å²) in [5.41, 5.74) is 7.69. The summed E-state index contributed by atoms with van der Waals surface area (Å²) in [4.78, 5) is 16.6. The molecule has 4 rings (SSSR count). The Morgan fingerprint density at radius 2 is 1.93 bits per heavy atom. The van der Waals surface area contributed by atoms with Crippen LogP contribution in [0.2, 0.25) is 0 Å². The predicted molar refractivity (Wildman–Crippen MR) is 117 cm³/mol. The van der Waals surface area contributed by atoms with Crippen LogP contribution < -0.4 is 15.8 Å². The zero-order chi connectivity index (χ0) is 19.5. The van der Waals surface area contributed by atoms with Gasteiger partial charge in [0.15, 0.2) is 0 Å². The van der Waals surface area contributed by atoms with Crippen LogP contribution in [0.5, 0.6) is 11.5 Å². The highest BCUT2D eigenvalue weighted by atomic mass is 35.5. The molecule has 160 valence electrons. The lowest BCUT2D eigenvalue weighted by Crippen LogP contribution is -2.36. The number of nitrogens with two attached hydrogens (primary N) is 1. The zero-order valence-electron chi connectivity index (χ0n) is 16.1. The van der Waals surface area contributed by atoms with Crippen molar-refractivity contribution in [3.05, 3.63) is 77.6 Å². The molecule has 0 radical (unpaired) electrons. The Bertz CT molecular complexity index is 974. The lowest BCUT2D eigenvalue weighted by Gasteiger charge is -2.13. The molecule has 1 amide bonds. The molecule has 30 heavy (non-hydrogen) atoms. The van der Waals surface area contributed by atoms with Gasteiger partial charge >= 0.3 is 0 Å². The number of hydrogen-bond acceptors (Lipinski definition) is 4. The van der Waals surface area contributed by atoms with E-state index in [0.29, 0.717) is 31.0 Å². The molecule has 1 unspecified atom stereocenters. The van der Waals surface area contributed by atoms with E-state index < -0.39 is 11.7 Å². The van der Waals surface area contributed by atoms with Gasteiger partial charge in [0.25, 0.3) is 5.91 Å². The van der Waals surface area contributed by atoms with Crippen molar-refractivity contribution < 1.29 is 13.9 Å². The van der Waals surface area contributed by atoms with Crippen LogP contribution in [-0.2, 0) is 19.4 Å². The van der Waals surface area contributed by atoms with Crippen molar-refractivity contribution >= 4 is 30.7 Å². The minimum atomic E-state index is -0.581. The Hall–Kier alpha value is -2.61. The van der Waals surface area contributed by atoms with Crippen LogP contribution in [0, 0.1) is 5.82 Å². The van der Waals surface area contributed by atoms with Gasteiger partial charge in [-0.3, -0.25) is 4.79 Å². The Labute approximate surface area is 186 Å². The van der Waals surface area contributed by atoms with Gasteiger partial charge in [0.05, 0.1) is 17.9 Å². The third-order valence-electron chi connectivity index (χ3n) is 4.78. The maximum Gasteiger partial charge on any atom is 0.254 e. The Morgan fingerprint density at radius 3 is 2.63 bits per heavy atom. The summed E-state index contributed by atoms with van der Waals surface area (Å²) in [6, 6.07) is 11.6. The van der Waals surface area contributed by atoms with E-state index in [1.807, 2.05) is 28.8 Å². The first-order valence-corrected chi connectivity index (χ1v) is 9.18. The number of imidazole rings is 1. The molecule has 0 saturated carbocycles. The fourth-order valence-electron chi connectivity index (χ4n) is 3.37. The van der Waals surface area contributed by atoms with Gasteiger partial charge in [-0.1, -0.05) is 12.1 Å². The smallest absolute Gasteiger partial charge is 0.254 e. The lowest BCUT2D eigenvalue weighted by atomic mass is 10.1. The number of halogens is 3. The van der Waals surface area contributed by atoms with E-state index in [1.54, 1.807) is 12.5 Å². The van der Waals surface area contributed by atoms with Crippen molar-refractivity contribution in [3.8, 4) is 11.5 Å². The van der Waals surface area contributed by atoms with E-state index >= 15 is 0 Å². The van der Waals surface area contributed by atoms with Crippen LogP contribution in [0.1, 0.15) is 21.6 Å². The molecule has 0 bridgehead atoms. The highest BCUT2D eigenvalue weighted by Gasteiger charge is 2.24. The van der Waals surface area contributed by atoms with Gasteiger partial charge in [-0.25, -0.2) is 9.37 Å². The van der Waals surface area contributed by atoms with E-state index in [1.165, 1.54) is 18.2 Å². The van der Waals surface area contributed by atoms with Crippen LogP contribution in [0.4, 0.5) is 4.39 Å². The fraction of sp³-hybridized carbons (Fsp3) is 0.238. The molecular weight excluding hydrogens is 430 g/mol. The largest absolute Gasteiger partial charge is 0.457 e. The third-order valence-corrected chi connectivity index (χ3v) is 4.78. The van der Waals surface area contributed by atoms with Gasteiger partial charge in [-0.2, -0.15) is 0 Å². The quantitative estimate of drug-likeness (QED) is 0.599. The first-order valence-electron chi connectivity index (χ1n) is 9.18. The molecule has 0 spiro atoms. The molecule has 2 heterocycles. The Balaban J connectivity index is 0.00000160. The predicted octanol–water partition coefficient (Wildman–Crippen LogP) is 3.51. The summed E-state index contributed by atoms with van der Waals surface area (Å²) < 4.78 is 22.0. The molecule has 0 aliphatic carbocycles. The second kappa shape index (κ2) is 10.4. The van der Waals surface area contributed by atoms with Crippen LogP contribution in [0.25, 0.3) is 0 Å². The highest BCUT2D eigenvalue weighted by Crippen LogP contribution is 2.24. The fourth-order valence-corrected chi connectivity index (χ4v) is 3.37. The van der Waals surface area contributed by atoms with Gasteiger partial charge < -0.3 is 20.4 Å². The number of fused-ring (bicyclic) bond motifs is 1. The Kier molecular flexibility index (Phi) is 8.23. The van der Waals surface area contributed by atoms with Crippen molar-refractivity contribution in [1.82, 2.24) is 14.9 Å². The minimum absolute atomic E-state index is 0. The van der Waals surface area contributed by atoms with Gasteiger partial charge in [0.1, 0.15) is 17.3 Å². The lowest BCUT2D eigenvalue weighted by molar-refractivity contribution is 0.0932. The monoisotopic (exact) mass is 452 g/mol. The average molecular weight is 453 g/mol. The van der Waals surface area contributed by atoms with Crippen LogP contribution in [0.15, 0.2) is 55.0 Å². The minimum Gasteiger partial charge on any atom is -0.457 e. The molecule has 6 nitrogen and oxygen atoms in total. The van der Waals surface area contributed by atoms with Gasteiger partial charge in [0.2, 0.25) is 0 Å². The molecule has 1 aliphatic rings. The van der Waals surface area contributed by atoms with E-state index in [4.69, 9.17) is 10.5 Å². The molecule has 2 aromatic carbocycles. The number of carbonyl (C=O) groups excluding carboxylic acids is 1. The third kappa shape index (κ3) is 5.30. The second-order valence-corrected chi connectivity index (χ2v) is 6.84. The van der Waals surface area contributed by atoms with Crippen LogP contribution in [-0.4, -0.2) is 28.0 Å². The summed E-state index contributed by atoms with van der Waals surface area (Å²) in [7, 11) is 0. The van der Waals surface area contributed by atoms with Crippen molar-refractivity contribution in [1.29, 1.82) is 0 Å². The van der Waals surface area contributed by atoms with Gasteiger partial charge in [-0.05, 0) is 48.9 Å². The van der Waals surface area contributed by atoms with E-state index in [9.17, 15) is 9.18 Å². The number of rotatable bonds is 6. The molecule has 0 fully saturated rings. The molecule has 9 heteroatoms. The maximum absolute atomic E-state index is 14.2. The van der Waals surface area contributed by atoms with E-state index in [0.717, 1.165) is 17.7 Å². The van der Waals surface area contributed by atoms with E-state index in [2.05, 4.69) is 10.3 Å². The Morgan fingerprint density at radius 1 is 1.20 bits per heavy atom. The number of aromatic nitrogens is 2. The molecule has 1 aromatic heterocycles. The number of amides is 1. The summed E-state index contributed by atoms with van der Waals surface area (Å²) in [5.74, 6) is -0.0197. The topological polar surface area (TPSA) is 82.2 Å². The first-order chi connectivity index (χ1) is 13.6. The highest BCUT2D eigenvalue weighted by molar-refractivity contribution is 5.95. The number of carbonyl (C=O) groups is 1. The van der Waals surface area contributed by atoms with Crippen molar-refractivity contribution in [2.45, 2.75) is 25.4 Å². The summed E-state index contributed by atoms with van der Waals surface area (Å²) in [6.07, 6.45) is 4.98. The maximum atomic E-state index is 14.2. The molecule has 3 N–H and O–H groups in total. The normalized spacial score (nSPS) is 14.3. The van der Waals surface area contributed by atoms with E-state index in [-0.39, 0.29) is 36.4 Å². The summed E-state index contributed by atoms with van der Waals surface area (Å²) in [5, 5.41) is 2.89. The number of hydrogen-bond donors (Lipinski definition) is 2. The summed E-state index contributed by atoms with van der Waals surface area (Å²) in [6.45, 7) is 1.22. The van der Waals surface area contributed by atoms with Gasteiger partial charge in [0, 0.05) is 24.9 Å². The number of nitrogens with one attached hydrogen (secondary N) is 1. The average Bonchev–Trinajstić information content (AvgIpc) is 3.26. The number of nitrogens with zero attached hydrogens (tertiary/aromatic N) is 2. The molecule has 1 atom stereocenters. The van der Waals surface area contributed by atoms with Crippen molar-refractivity contribution in [2.75, 3.05) is 6.54 Å². The molecule has 3 aromatic rings. The van der Waals surface area contributed by atoms with Crippen LogP contribution in [0.3, 0.4) is 0 Å². The van der Waals surface area contributed by atoms with Gasteiger partial charge in [-0.15, -0.1) is 24.8 Å². The molecular formula is C21H23Cl2FN4O2. The molecule has 0 saturated heterocycles. The zero-order valence-corrected chi connectivity index (χ0v) is 17.7. The summed E-state index contributed by atoms with van der Waals surface area (Å²) >= 11 is 0. The standard InChI is InChI=1S/C21H21FN4O2.2ClH/c22-20-6-5-18(28-17-3-1-14(2-4-17)7-8-23)10-19(20)21(27)25-15-9-16-11-24-13-26(16)12-15;;/h1-6,10-11,13,15H,7-9,12,23H2,(H,25,27);2*1H. The second-order valence-electron chi connectivity index (χ2n) is 6.84.